The van der Waals surface area contributed by atoms with Gasteiger partial charge in [0.25, 0.3) is 0 Å². The van der Waals surface area contributed by atoms with Gasteiger partial charge < -0.3 is 20.2 Å². The number of carbonyl (C=O) groups is 1. The van der Waals surface area contributed by atoms with Gasteiger partial charge in [0.15, 0.2) is 0 Å². The maximum Gasteiger partial charge on any atom is 0.407 e. The van der Waals surface area contributed by atoms with Crippen molar-refractivity contribution in [3.8, 4) is 6.07 Å². The number of nitriles is 1. The smallest absolute Gasteiger partial charge is 0.407 e. The molecule has 2 aliphatic rings. The number of fused-ring (bicyclic) bond motifs is 1. The summed E-state index contributed by atoms with van der Waals surface area (Å²) >= 11 is 5.99. The Morgan fingerprint density at radius 3 is 3.00 bits per heavy atom. The van der Waals surface area contributed by atoms with Crippen LogP contribution in [0.15, 0.2) is 0 Å². The number of aromatic nitrogens is 2. The molecule has 0 radical (unpaired) electrons. The Labute approximate surface area is 132 Å². The van der Waals surface area contributed by atoms with Gasteiger partial charge in [-0.1, -0.05) is 0 Å². The van der Waals surface area contributed by atoms with Crippen molar-refractivity contribution in [2.24, 2.45) is 0 Å². The molecule has 116 valence electrons. The van der Waals surface area contributed by atoms with Crippen molar-refractivity contribution in [1.29, 1.82) is 5.26 Å². The largest absolute Gasteiger partial charge is 0.465 e. The van der Waals surface area contributed by atoms with Gasteiger partial charge in [0.2, 0.25) is 5.28 Å². The van der Waals surface area contributed by atoms with E-state index < -0.39 is 6.09 Å². The van der Waals surface area contributed by atoms with Crippen LogP contribution in [0.1, 0.15) is 17.7 Å². The molecule has 2 N–H and O–H groups in total. The lowest BCUT2D eigenvalue weighted by molar-refractivity contribution is 0.119. The summed E-state index contributed by atoms with van der Waals surface area (Å²) in [7, 11) is 0. The predicted octanol–water partition coefficient (Wildman–Crippen LogP) is 0.815. The molecular weight excluding hydrogens is 308 g/mol. The number of nitrogens with one attached hydrogen (secondary N) is 1. The molecule has 1 aromatic rings. The lowest BCUT2D eigenvalue weighted by Crippen LogP contribution is -2.55. The standard InChI is InChI=1S/C13H15ClN6O2/c14-12-17-10-6-16-5-9(10)11(18-12)19-3-4-20(13(21)22)8(7-19)1-2-15/h8,16H,1,3-7H2,(H,21,22)/t8-/m0/s1. The first-order valence-electron chi connectivity index (χ1n) is 6.97. The van der Waals surface area contributed by atoms with Crippen LogP contribution < -0.4 is 10.2 Å². The number of rotatable bonds is 2. The molecule has 0 aromatic carbocycles. The number of nitrogens with zero attached hydrogens (tertiary/aromatic N) is 5. The van der Waals surface area contributed by atoms with Crippen LogP contribution in [0.2, 0.25) is 5.28 Å². The van der Waals surface area contributed by atoms with Crippen LogP contribution in [0.4, 0.5) is 10.6 Å². The van der Waals surface area contributed by atoms with E-state index in [1.807, 2.05) is 4.90 Å². The van der Waals surface area contributed by atoms with E-state index in [2.05, 4.69) is 21.4 Å². The minimum atomic E-state index is -0.993. The molecule has 22 heavy (non-hydrogen) atoms. The normalized spacial score (nSPS) is 20.6. The Balaban J connectivity index is 1.88. The number of carboxylic acid groups (broad SMARTS) is 1. The summed E-state index contributed by atoms with van der Waals surface area (Å²) in [6.45, 7) is 2.62. The zero-order valence-electron chi connectivity index (χ0n) is 11.8. The average Bonchev–Trinajstić information content (AvgIpc) is 2.94. The summed E-state index contributed by atoms with van der Waals surface area (Å²) in [6, 6.07) is 1.69. The van der Waals surface area contributed by atoms with Gasteiger partial charge in [-0.3, -0.25) is 0 Å². The second-order valence-corrected chi connectivity index (χ2v) is 5.62. The van der Waals surface area contributed by atoms with E-state index >= 15 is 0 Å². The molecule has 1 atom stereocenters. The van der Waals surface area contributed by atoms with Crippen molar-refractivity contribution in [3.05, 3.63) is 16.5 Å². The Hall–Kier alpha value is -2.11. The zero-order chi connectivity index (χ0) is 15.7. The molecule has 1 amide bonds. The third-order valence-electron chi connectivity index (χ3n) is 3.99. The number of hydrogen-bond acceptors (Lipinski definition) is 6. The second-order valence-electron chi connectivity index (χ2n) is 5.28. The van der Waals surface area contributed by atoms with Crippen LogP contribution in [0.5, 0.6) is 0 Å². The van der Waals surface area contributed by atoms with Crippen molar-refractivity contribution in [1.82, 2.24) is 20.2 Å². The van der Waals surface area contributed by atoms with E-state index in [9.17, 15) is 9.90 Å². The summed E-state index contributed by atoms with van der Waals surface area (Å²) in [6.07, 6.45) is -0.838. The van der Waals surface area contributed by atoms with Crippen molar-refractivity contribution < 1.29 is 9.90 Å². The molecule has 1 saturated heterocycles. The van der Waals surface area contributed by atoms with Crippen LogP contribution >= 0.6 is 11.6 Å². The van der Waals surface area contributed by atoms with Gasteiger partial charge in [-0.25, -0.2) is 14.8 Å². The topological polar surface area (TPSA) is 105 Å². The summed E-state index contributed by atoms with van der Waals surface area (Å²) < 4.78 is 0. The van der Waals surface area contributed by atoms with Crippen molar-refractivity contribution in [2.45, 2.75) is 25.6 Å². The van der Waals surface area contributed by atoms with Crippen LogP contribution in [-0.2, 0) is 13.1 Å². The average molecular weight is 323 g/mol. The SMILES string of the molecule is N#CC[C@H]1CN(c2nc(Cl)nc3c2CNC3)CCN1C(=O)O. The quantitative estimate of drug-likeness (QED) is 0.776. The second kappa shape index (κ2) is 5.94. The highest BCUT2D eigenvalue weighted by atomic mass is 35.5. The molecule has 1 fully saturated rings. The fourth-order valence-corrected chi connectivity index (χ4v) is 3.14. The fourth-order valence-electron chi connectivity index (χ4n) is 2.96. The summed E-state index contributed by atoms with van der Waals surface area (Å²) in [5, 5.41) is 21.6. The van der Waals surface area contributed by atoms with Crippen molar-refractivity contribution in [2.75, 3.05) is 24.5 Å². The molecule has 8 nitrogen and oxygen atoms in total. The Bertz CT molecular complexity index is 646. The molecule has 1 aromatic heterocycles. The highest BCUT2D eigenvalue weighted by Gasteiger charge is 2.33. The van der Waals surface area contributed by atoms with E-state index in [0.717, 1.165) is 17.1 Å². The molecule has 3 heterocycles. The zero-order valence-corrected chi connectivity index (χ0v) is 12.5. The third kappa shape index (κ3) is 2.65. The lowest BCUT2D eigenvalue weighted by atomic mass is 10.1. The molecule has 3 rings (SSSR count). The molecule has 0 saturated carbocycles. The maximum atomic E-state index is 11.3. The van der Waals surface area contributed by atoms with Gasteiger partial charge in [-0.2, -0.15) is 5.26 Å². The highest BCUT2D eigenvalue weighted by molar-refractivity contribution is 6.28. The fraction of sp³-hybridized carbons (Fsp3) is 0.538. The van der Waals surface area contributed by atoms with E-state index in [1.165, 1.54) is 4.90 Å². The van der Waals surface area contributed by atoms with Crippen LogP contribution in [0, 0.1) is 11.3 Å². The Kier molecular flexibility index (Phi) is 4.00. The van der Waals surface area contributed by atoms with Gasteiger partial charge >= 0.3 is 6.09 Å². The molecule has 0 spiro atoms. The molecule has 0 bridgehead atoms. The van der Waals surface area contributed by atoms with Crippen molar-refractivity contribution >= 4 is 23.5 Å². The third-order valence-corrected chi connectivity index (χ3v) is 4.16. The summed E-state index contributed by atoms with van der Waals surface area (Å²) in [4.78, 5) is 23.1. The monoisotopic (exact) mass is 322 g/mol. The number of anilines is 1. The Morgan fingerprint density at radius 2 is 2.27 bits per heavy atom. The van der Waals surface area contributed by atoms with Crippen LogP contribution in [0.25, 0.3) is 0 Å². The van der Waals surface area contributed by atoms with Gasteiger partial charge in [-0.05, 0) is 11.6 Å². The Morgan fingerprint density at radius 1 is 1.45 bits per heavy atom. The molecular formula is C13H15ClN6O2. The summed E-state index contributed by atoms with van der Waals surface area (Å²) in [5.74, 6) is 0.743. The number of halogens is 1. The predicted molar refractivity (Wildman–Crippen MR) is 78.5 cm³/mol. The van der Waals surface area contributed by atoms with Gasteiger partial charge in [0, 0.05) is 38.3 Å². The van der Waals surface area contributed by atoms with Crippen LogP contribution in [0.3, 0.4) is 0 Å². The highest BCUT2D eigenvalue weighted by Crippen LogP contribution is 2.28. The van der Waals surface area contributed by atoms with Crippen LogP contribution in [-0.4, -0.2) is 51.7 Å². The molecule has 9 heteroatoms. The first-order chi connectivity index (χ1) is 10.6. The first-order valence-corrected chi connectivity index (χ1v) is 7.35. The van der Waals surface area contributed by atoms with E-state index in [-0.39, 0.29) is 17.7 Å². The van der Waals surface area contributed by atoms with E-state index in [1.54, 1.807) is 0 Å². The van der Waals surface area contributed by atoms with E-state index in [4.69, 9.17) is 16.9 Å². The maximum absolute atomic E-state index is 11.3. The number of piperazine rings is 1. The summed E-state index contributed by atoms with van der Waals surface area (Å²) in [5.41, 5.74) is 1.89. The first kappa shape index (κ1) is 14.8. The lowest BCUT2D eigenvalue weighted by Gasteiger charge is -2.40. The molecule has 0 unspecified atom stereocenters. The molecule has 0 aliphatic carbocycles. The van der Waals surface area contributed by atoms with Gasteiger partial charge in [0.1, 0.15) is 5.82 Å². The molecule has 2 aliphatic heterocycles. The van der Waals surface area contributed by atoms with Crippen molar-refractivity contribution in [3.63, 3.8) is 0 Å². The minimum absolute atomic E-state index is 0.155. The van der Waals surface area contributed by atoms with Gasteiger partial charge in [-0.15, -0.1) is 0 Å². The number of amides is 1. The number of hydrogen-bond donors (Lipinski definition) is 2. The van der Waals surface area contributed by atoms with Gasteiger partial charge in [0.05, 0.1) is 24.2 Å². The minimum Gasteiger partial charge on any atom is -0.465 e. The van der Waals surface area contributed by atoms with E-state index in [0.29, 0.717) is 32.7 Å².